The summed E-state index contributed by atoms with van der Waals surface area (Å²) in [6, 6.07) is -0.444. The predicted molar refractivity (Wildman–Crippen MR) is 72.0 cm³/mol. The van der Waals surface area contributed by atoms with Gasteiger partial charge in [-0.25, -0.2) is 0 Å². The highest BCUT2D eigenvalue weighted by molar-refractivity contribution is 5.91. The summed E-state index contributed by atoms with van der Waals surface area (Å²) in [6.45, 7) is 12.8. The molecule has 0 spiro atoms. The molecule has 1 rings (SSSR count). The second-order valence-electron chi connectivity index (χ2n) is 6.80. The largest absolute Gasteiger partial charge is 0.344 e. The molecule has 0 aromatic carbocycles. The van der Waals surface area contributed by atoms with Crippen LogP contribution in [0.1, 0.15) is 48.0 Å². The summed E-state index contributed by atoms with van der Waals surface area (Å²) in [5, 5.41) is 2.87. The quantitative estimate of drug-likeness (QED) is 0.817. The van der Waals surface area contributed by atoms with Crippen LogP contribution in [0.5, 0.6) is 0 Å². The highest BCUT2D eigenvalue weighted by atomic mass is 16.2. The van der Waals surface area contributed by atoms with Gasteiger partial charge in [-0.05, 0) is 18.3 Å². The maximum Gasteiger partial charge on any atom is 0.245 e. The van der Waals surface area contributed by atoms with E-state index in [0.29, 0.717) is 18.9 Å². The average Bonchev–Trinajstić information content (AvgIpc) is 2.27. The van der Waals surface area contributed by atoms with Crippen molar-refractivity contribution in [2.24, 2.45) is 11.3 Å². The third-order valence-corrected chi connectivity index (χ3v) is 3.28. The summed E-state index contributed by atoms with van der Waals surface area (Å²) in [5.41, 5.74) is -0.258. The van der Waals surface area contributed by atoms with Crippen molar-refractivity contribution < 1.29 is 9.59 Å². The third kappa shape index (κ3) is 3.47. The summed E-state index contributed by atoms with van der Waals surface area (Å²) in [7, 11) is 0. The van der Waals surface area contributed by atoms with E-state index in [2.05, 4.69) is 19.2 Å². The lowest BCUT2D eigenvalue weighted by Gasteiger charge is -2.35. The zero-order valence-electron chi connectivity index (χ0n) is 12.4. The lowest BCUT2D eigenvalue weighted by molar-refractivity contribution is -0.138. The average molecular weight is 254 g/mol. The minimum atomic E-state index is -0.423. The lowest BCUT2D eigenvalue weighted by atomic mass is 9.85. The highest BCUT2D eigenvalue weighted by Gasteiger charge is 2.40. The van der Waals surface area contributed by atoms with Crippen molar-refractivity contribution in [3.8, 4) is 0 Å². The number of amides is 2. The van der Waals surface area contributed by atoms with Crippen LogP contribution in [0.4, 0.5) is 0 Å². The van der Waals surface area contributed by atoms with Gasteiger partial charge in [0.05, 0.1) is 0 Å². The summed E-state index contributed by atoms with van der Waals surface area (Å²) >= 11 is 0. The molecule has 0 aliphatic carbocycles. The fraction of sp³-hybridized carbons (Fsp3) is 0.857. The van der Waals surface area contributed by atoms with Gasteiger partial charge in [-0.2, -0.15) is 0 Å². The molecule has 1 aliphatic heterocycles. The number of rotatable bonds is 2. The lowest BCUT2D eigenvalue weighted by Crippen LogP contribution is -2.53. The molecule has 1 fully saturated rings. The van der Waals surface area contributed by atoms with Gasteiger partial charge in [0.15, 0.2) is 0 Å². The molecule has 1 saturated heterocycles. The van der Waals surface area contributed by atoms with Crippen molar-refractivity contribution in [1.82, 2.24) is 10.2 Å². The first-order chi connectivity index (χ1) is 8.12. The smallest absolute Gasteiger partial charge is 0.245 e. The van der Waals surface area contributed by atoms with Crippen LogP contribution in [0.15, 0.2) is 0 Å². The Morgan fingerprint density at radius 2 is 1.89 bits per heavy atom. The Hall–Kier alpha value is -1.06. The highest BCUT2D eigenvalue weighted by Crippen LogP contribution is 2.25. The van der Waals surface area contributed by atoms with E-state index in [1.807, 2.05) is 32.6 Å². The third-order valence-electron chi connectivity index (χ3n) is 3.28. The molecule has 4 nitrogen and oxygen atoms in total. The van der Waals surface area contributed by atoms with Crippen molar-refractivity contribution in [1.29, 1.82) is 0 Å². The number of nitrogens with one attached hydrogen (secondary N) is 1. The van der Waals surface area contributed by atoms with Crippen molar-refractivity contribution in [2.45, 2.75) is 60.0 Å². The standard InChI is InChI=1S/C14H26N2O2/c1-9(2)8-16-10(3)7-11(17)15-12(13(16)18)14(4,5)6/h9-10,12H,7-8H2,1-6H3,(H,15,17). The molecule has 0 aromatic heterocycles. The second-order valence-corrected chi connectivity index (χ2v) is 6.80. The van der Waals surface area contributed by atoms with E-state index in [4.69, 9.17) is 0 Å². The zero-order valence-corrected chi connectivity index (χ0v) is 12.4. The van der Waals surface area contributed by atoms with Gasteiger partial charge >= 0.3 is 0 Å². The Balaban J connectivity index is 3.02. The molecule has 2 atom stereocenters. The van der Waals surface area contributed by atoms with Gasteiger partial charge < -0.3 is 10.2 Å². The Morgan fingerprint density at radius 3 is 2.33 bits per heavy atom. The van der Waals surface area contributed by atoms with Crippen LogP contribution < -0.4 is 5.32 Å². The normalized spacial score (nSPS) is 26.3. The van der Waals surface area contributed by atoms with E-state index >= 15 is 0 Å². The molecule has 0 aromatic rings. The van der Waals surface area contributed by atoms with E-state index < -0.39 is 6.04 Å². The Kier molecular flexibility index (Phi) is 4.41. The molecule has 1 aliphatic rings. The van der Waals surface area contributed by atoms with Gasteiger partial charge in [-0.3, -0.25) is 9.59 Å². The fourth-order valence-electron chi connectivity index (χ4n) is 2.29. The Bertz CT molecular complexity index is 331. The van der Waals surface area contributed by atoms with Crippen molar-refractivity contribution >= 4 is 11.8 Å². The molecule has 18 heavy (non-hydrogen) atoms. The van der Waals surface area contributed by atoms with E-state index in [0.717, 1.165) is 0 Å². The van der Waals surface area contributed by atoms with Crippen LogP contribution >= 0.6 is 0 Å². The molecular formula is C14H26N2O2. The molecule has 0 radical (unpaired) electrons. The van der Waals surface area contributed by atoms with Gasteiger partial charge in [0.2, 0.25) is 11.8 Å². The predicted octanol–water partition coefficient (Wildman–Crippen LogP) is 1.79. The fourth-order valence-corrected chi connectivity index (χ4v) is 2.29. The summed E-state index contributed by atoms with van der Waals surface area (Å²) in [5.74, 6) is 0.432. The minimum absolute atomic E-state index is 0.0211. The van der Waals surface area contributed by atoms with Crippen LogP contribution in [-0.4, -0.2) is 35.3 Å². The molecule has 1 N–H and O–H groups in total. The minimum Gasteiger partial charge on any atom is -0.344 e. The van der Waals surface area contributed by atoms with Crippen LogP contribution in [0.25, 0.3) is 0 Å². The summed E-state index contributed by atoms with van der Waals surface area (Å²) in [4.78, 5) is 26.3. The maximum atomic E-state index is 12.6. The van der Waals surface area contributed by atoms with E-state index in [9.17, 15) is 9.59 Å². The van der Waals surface area contributed by atoms with E-state index in [1.165, 1.54) is 0 Å². The topological polar surface area (TPSA) is 49.4 Å². The van der Waals surface area contributed by atoms with E-state index in [-0.39, 0.29) is 23.3 Å². The Labute approximate surface area is 110 Å². The second kappa shape index (κ2) is 5.29. The molecule has 2 amide bonds. The zero-order chi connectivity index (χ0) is 14.1. The number of hydrogen-bond acceptors (Lipinski definition) is 2. The first-order valence-corrected chi connectivity index (χ1v) is 6.72. The van der Waals surface area contributed by atoms with E-state index in [1.54, 1.807) is 0 Å². The van der Waals surface area contributed by atoms with Crippen LogP contribution in [0, 0.1) is 11.3 Å². The van der Waals surface area contributed by atoms with Gasteiger partial charge in [-0.1, -0.05) is 34.6 Å². The summed E-state index contributed by atoms with van der Waals surface area (Å²) in [6.07, 6.45) is 0.394. The summed E-state index contributed by atoms with van der Waals surface area (Å²) < 4.78 is 0. The molecule has 4 heteroatoms. The van der Waals surface area contributed by atoms with Crippen molar-refractivity contribution in [3.05, 3.63) is 0 Å². The Morgan fingerprint density at radius 1 is 1.33 bits per heavy atom. The van der Waals surface area contributed by atoms with Gasteiger partial charge in [0.25, 0.3) is 0 Å². The maximum absolute atomic E-state index is 12.6. The number of hydrogen-bond donors (Lipinski definition) is 1. The van der Waals surface area contributed by atoms with Gasteiger partial charge in [-0.15, -0.1) is 0 Å². The SMILES string of the molecule is CC(C)CN1C(=O)C(C(C)(C)C)NC(=O)CC1C. The molecule has 104 valence electrons. The monoisotopic (exact) mass is 254 g/mol. The van der Waals surface area contributed by atoms with Crippen LogP contribution in [0.3, 0.4) is 0 Å². The van der Waals surface area contributed by atoms with Gasteiger partial charge in [0.1, 0.15) is 6.04 Å². The van der Waals surface area contributed by atoms with Crippen LogP contribution in [0.2, 0.25) is 0 Å². The van der Waals surface area contributed by atoms with Crippen molar-refractivity contribution in [2.75, 3.05) is 6.54 Å². The molecule has 1 heterocycles. The number of nitrogens with zero attached hydrogens (tertiary/aromatic N) is 1. The van der Waals surface area contributed by atoms with Crippen LogP contribution in [-0.2, 0) is 9.59 Å². The number of carbonyl (C=O) groups excluding carboxylic acids is 2. The molecular weight excluding hydrogens is 228 g/mol. The number of carbonyl (C=O) groups is 2. The molecule has 0 bridgehead atoms. The first kappa shape index (κ1) is 15.0. The van der Waals surface area contributed by atoms with Crippen molar-refractivity contribution in [3.63, 3.8) is 0 Å². The first-order valence-electron chi connectivity index (χ1n) is 6.72. The van der Waals surface area contributed by atoms with Gasteiger partial charge in [0, 0.05) is 19.0 Å². The molecule has 2 unspecified atom stereocenters. The molecule has 0 saturated carbocycles.